The number of benzene rings is 1. The zero-order valence-electron chi connectivity index (χ0n) is 12.3. The standard InChI is InChI=1S/C15H18BrCl2N3/c1-4-12-15(18)14(21(5-2)20-12)8-19-13-7-11(17)9(3)6-10(13)16/h6-7,19H,4-5,8H2,1-3H3. The normalized spacial score (nSPS) is 11.0. The zero-order valence-corrected chi connectivity index (χ0v) is 15.4. The molecule has 0 radical (unpaired) electrons. The van der Waals surface area contributed by atoms with Crippen molar-refractivity contribution in [2.75, 3.05) is 5.32 Å². The van der Waals surface area contributed by atoms with Crippen LogP contribution in [0.3, 0.4) is 0 Å². The van der Waals surface area contributed by atoms with Crippen LogP contribution in [0.2, 0.25) is 10.0 Å². The van der Waals surface area contributed by atoms with Crippen LogP contribution >= 0.6 is 39.1 Å². The van der Waals surface area contributed by atoms with Crippen molar-refractivity contribution in [2.45, 2.75) is 40.3 Å². The first-order chi connectivity index (χ1) is 9.97. The molecular formula is C15H18BrCl2N3. The summed E-state index contributed by atoms with van der Waals surface area (Å²) in [4.78, 5) is 0. The molecule has 1 N–H and O–H groups in total. The molecule has 0 saturated heterocycles. The molecule has 21 heavy (non-hydrogen) atoms. The predicted octanol–water partition coefficient (Wildman–Crippen LogP) is 5.46. The summed E-state index contributed by atoms with van der Waals surface area (Å²) in [5, 5.41) is 9.39. The van der Waals surface area contributed by atoms with Gasteiger partial charge in [-0.2, -0.15) is 5.10 Å². The van der Waals surface area contributed by atoms with E-state index in [-0.39, 0.29) is 0 Å². The SMILES string of the molecule is CCc1nn(CC)c(CNc2cc(Cl)c(C)cc2Br)c1Cl. The van der Waals surface area contributed by atoms with Crippen molar-refractivity contribution in [3.8, 4) is 0 Å². The lowest BCUT2D eigenvalue weighted by molar-refractivity contribution is 0.619. The Bertz CT molecular complexity index is 653. The van der Waals surface area contributed by atoms with E-state index in [4.69, 9.17) is 23.2 Å². The van der Waals surface area contributed by atoms with Crippen molar-refractivity contribution >= 4 is 44.8 Å². The second-order valence-corrected chi connectivity index (χ2v) is 6.45. The van der Waals surface area contributed by atoms with Crippen LogP contribution in [-0.4, -0.2) is 9.78 Å². The molecule has 0 aliphatic carbocycles. The van der Waals surface area contributed by atoms with Crippen molar-refractivity contribution in [3.63, 3.8) is 0 Å². The lowest BCUT2D eigenvalue weighted by atomic mass is 10.2. The minimum absolute atomic E-state index is 0.609. The minimum Gasteiger partial charge on any atom is -0.378 e. The molecule has 0 bridgehead atoms. The molecule has 1 aromatic carbocycles. The van der Waals surface area contributed by atoms with Crippen LogP contribution in [0.25, 0.3) is 0 Å². The Morgan fingerprint density at radius 1 is 1.29 bits per heavy atom. The van der Waals surface area contributed by atoms with Crippen LogP contribution in [-0.2, 0) is 19.5 Å². The molecular weight excluding hydrogens is 373 g/mol. The maximum atomic E-state index is 6.41. The average molecular weight is 391 g/mol. The molecule has 0 fully saturated rings. The summed E-state index contributed by atoms with van der Waals surface area (Å²) in [6.45, 7) is 7.50. The lowest BCUT2D eigenvalue weighted by Crippen LogP contribution is -2.08. The molecule has 114 valence electrons. The van der Waals surface area contributed by atoms with Gasteiger partial charge in [0.2, 0.25) is 0 Å². The number of hydrogen-bond donors (Lipinski definition) is 1. The Labute approximate surface area is 143 Å². The van der Waals surface area contributed by atoms with Gasteiger partial charge >= 0.3 is 0 Å². The van der Waals surface area contributed by atoms with Crippen LogP contribution in [0.15, 0.2) is 16.6 Å². The quantitative estimate of drug-likeness (QED) is 0.734. The monoisotopic (exact) mass is 389 g/mol. The fourth-order valence-electron chi connectivity index (χ4n) is 2.15. The molecule has 2 aromatic rings. The van der Waals surface area contributed by atoms with Gasteiger partial charge in [0.15, 0.2) is 0 Å². The van der Waals surface area contributed by atoms with Gasteiger partial charge in [-0.15, -0.1) is 0 Å². The van der Waals surface area contributed by atoms with Gasteiger partial charge in [-0.05, 0) is 53.9 Å². The summed E-state index contributed by atoms with van der Waals surface area (Å²) in [7, 11) is 0. The van der Waals surface area contributed by atoms with E-state index in [0.717, 1.165) is 50.1 Å². The zero-order chi connectivity index (χ0) is 15.6. The number of hydrogen-bond acceptors (Lipinski definition) is 2. The van der Waals surface area contributed by atoms with Gasteiger partial charge < -0.3 is 5.32 Å². The summed E-state index contributed by atoms with van der Waals surface area (Å²) in [6.07, 6.45) is 0.832. The Morgan fingerprint density at radius 3 is 2.62 bits per heavy atom. The van der Waals surface area contributed by atoms with E-state index >= 15 is 0 Å². The molecule has 0 amide bonds. The molecule has 0 aliphatic heterocycles. The molecule has 1 heterocycles. The van der Waals surface area contributed by atoms with Crippen molar-refractivity contribution in [3.05, 3.63) is 43.6 Å². The van der Waals surface area contributed by atoms with E-state index in [0.29, 0.717) is 6.54 Å². The summed E-state index contributed by atoms with van der Waals surface area (Å²) < 4.78 is 2.93. The number of aryl methyl sites for hydroxylation is 3. The van der Waals surface area contributed by atoms with Crippen molar-refractivity contribution in [2.24, 2.45) is 0 Å². The van der Waals surface area contributed by atoms with E-state index in [1.807, 2.05) is 23.7 Å². The van der Waals surface area contributed by atoms with E-state index in [1.165, 1.54) is 0 Å². The highest BCUT2D eigenvalue weighted by Gasteiger charge is 2.14. The van der Waals surface area contributed by atoms with Gasteiger partial charge in [0.05, 0.1) is 28.6 Å². The second kappa shape index (κ2) is 7.03. The molecule has 3 nitrogen and oxygen atoms in total. The third kappa shape index (κ3) is 3.55. The van der Waals surface area contributed by atoms with Gasteiger partial charge in [0.25, 0.3) is 0 Å². The number of nitrogens with zero attached hydrogens (tertiary/aromatic N) is 2. The number of rotatable bonds is 5. The smallest absolute Gasteiger partial charge is 0.0868 e. The summed E-state index contributed by atoms with van der Waals surface area (Å²) in [6, 6.07) is 3.92. The molecule has 0 aliphatic rings. The molecule has 0 unspecified atom stereocenters. The van der Waals surface area contributed by atoms with Crippen LogP contribution < -0.4 is 5.32 Å². The molecule has 1 aromatic heterocycles. The first-order valence-corrected chi connectivity index (χ1v) is 8.46. The van der Waals surface area contributed by atoms with Gasteiger partial charge in [-0.3, -0.25) is 4.68 Å². The fraction of sp³-hybridized carbons (Fsp3) is 0.400. The molecule has 0 spiro atoms. The Morgan fingerprint density at radius 2 is 2.00 bits per heavy atom. The van der Waals surface area contributed by atoms with E-state index < -0.39 is 0 Å². The van der Waals surface area contributed by atoms with Gasteiger partial charge in [0, 0.05) is 16.0 Å². The highest BCUT2D eigenvalue weighted by atomic mass is 79.9. The number of halogens is 3. The Kier molecular flexibility index (Phi) is 5.58. The second-order valence-electron chi connectivity index (χ2n) is 4.81. The van der Waals surface area contributed by atoms with Crippen molar-refractivity contribution < 1.29 is 0 Å². The molecule has 6 heteroatoms. The largest absolute Gasteiger partial charge is 0.378 e. The Hall–Kier alpha value is -0.710. The van der Waals surface area contributed by atoms with E-state index in [1.54, 1.807) is 0 Å². The predicted molar refractivity (Wildman–Crippen MR) is 93.5 cm³/mol. The molecule has 0 saturated carbocycles. The van der Waals surface area contributed by atoms with Crippen LogP contribution in [0.1, 0.15) is 30.8 Å². The molecule has 2 rings (SSSR count). The van der Waals surface area contributed by atoms with Crippen molar-refractivity contribution in [1.29, 1.82) is 0 Å². The molecule has 0 atom stereocenters. The first-order valence-electron chi connectivity index (χ1n) is 6.91. The highest BCUT2D eigenvalue weighted by Crippen LogP contribution is 2.30. The third-order valence-corrected chi connectivity index (χ3v) is 4.89. The topological polar surface area (TPSA) is 29.9 Å². The summed E-state index contributed by atoms with van der Waals surface area (Å²) in [5.74, 6) is 0. The van der Waals surface area contributed by atoms with Crippen LogP contribution in [0, 0.1) is 6.92 Å². The highest BCUT2D eigenvalue weighted by molar-refractivity contribution is 9.10. The van der Waals surface area contributed by atoms with Crippen LogP contribution in [0.5, 0.6) is 0 Å². The number of anilines is 1. The Balaban J connectivity index is 2.24. The number of nitrogens with one attached hydrogen (secondary N) is 1. The van der Waals surface area contributed by atoms with Crippen molar-refractivity contribution in [1.82, 2.24) is 9.78 Å². The van der Waals surface area contributed by atoms with Gasteiger partial charge in [-0.1, -0.05) is 30.1 Å². The maximum Gasteiger partial charge on any atom is 0.0868 e. The first kappa shape index (κ1) is 16.7. The average Bonchev–Trinajstić information content (AvgIpc) is 2.77. The van der Waals surface area contributed by atoms with E-state index in [9.17, 15) is 0 Å². The van der Waals surface area contributed by atoms with Gasteiger partial charge in [-0.25, -0.2) is 0 Å². The summed E-state index contributed by atoms with van der Waals surface area (Å²) in [5.41, 5.74) is 3.93. The minimum atomic E-state index is 0.609. The van der Waals surface area contributed by atoms with Gasteiger partial charge in [0.1, 0.15) is 0 Å². The number of aromatic nitrogens is 2. The van der Waals surface area contributed by atoms with E-state index in [2.05, 4.69) is 40.2 Å². The lowest BCUT2D eigenvalue weighted by Gasteiger charge is -2.12. The van der Waals surface area contributed by atoms with Crippen LogP contribution in [0.4, 0.5) is 5.69 Å². The third-order valence-electron chi connectivity index (χ3n) is 3.39. The fourth-order valence-corrected chi connectivity index (χ4v) is 3.24. The summed E-state index contributed by atoms with van der Waals surface area (Å²) >= 11 is 16.1. The maximum absolute atomic E-state index is 6.41.